The van der Waals surface area contributed by atoms with Gasteiger partial charge in [0.1, 0.15) is 11.3 Å². The van der Waals surface area contributed by atoms with Crippen LogP contribution < -0.4 is 15.8 Å². The summed E-state index contributed by atoms with van der Waals surface area (Å²) >= 11 is 0. The van der Waals surface area contributed by atoms with Gasteiger partial charge in [0.15, 0.2) is 0 Å². The first kappa shape index (κ1) is 16.0. The highest BCUT2D eigenvalue weighted by Crippen LogP contribution is 2.22. The van der Waals surface area contributed by atoms with Crippen molar-refractivity contribution in [1.29, 1.82) is 0 Å². The molecule has 2 aromatic carbocycles. The number of carbonyl (C=O) groups is 1. The van der Waals surface area contributed by atoms with Crippen LogP contribution in [-0.2, 0) is 10.3 Å². The molecule has 3 N–H and O–H groups in total. The Balaban J connectivity index is 2.13. The minimum absolute atomic E-state index is 0.158. The van der Waals surface area contributed by atoms with E-state index in [0.717, 1.165) is 16.9 Å². The average molecular weight is 298 g/mol. The number of carbonyl (C=O) groups excluding carboxylic acids is 1. The summed E-state index contributed by atoms with van der Waals surface area (Å²) in [6.07, 6.45) is 0. The van der Waals surface area contributed by atoms with Gasteiger partial charge in [-0.2, -0.15) is 0 Å². The number of ether oxygens (including phenoxy) is 1. The van der Waals surface area contributed by atoms with E-state index in [2.05, 4.69) is 5.32 Å². The molecule has 0 saturated carbocycles. The normalized spacial score (nSPS) is 14.7. The van der Waals surface area contributed by atoms with Crippen molar-refractivity contribution in [2.75, 3.05) is 7.11 Å². The molecule has 0 bridgehead atoms. The molecule has 0 heterocycles. The molecule has 0 radical (unpaired) electrons. The lowest BCUT2D eigenvalue weighted by molar-refractivity contribution is -0.126. The molecule has 0 aliphatic heterocycles. The largest absolute Gasteiger partial charge is 0.497 e. The Labute approximate surface area is 131 Å². The van der Waals surface area contributed by atoms with Crippen LogP contribution in [0.1, 0.15) is 31.0 Å². The van der Waals surface area contributed by atoms with Crippen molar-refractivity contribution < 1.29 is 9.53 Å². The Morgan fingerprint density at radius 2 is 1.86 bits per heavy atom. The molecule has 2 atom stereocenters. The van der Waals surface area contributed by atoms with Gasteiger partial charge in [-0.1, -0.05) is 42.5 Å². The summed E-state index contributed by atoms with van der Waals surface area (Å²) in [5.74, 6) is 0.547. The summed E-state index contributed by atoms with van der Waals surface area (Å²) < 4.78 is 5.21. The summed E-state index contributed by atoms with van der Waals surface area (Å²) in [7, 11) is 1.62. The summed E-state index contributed by atoms with van der Waals surface area (Å²) in [6, 6.07) is 16.8. The number of hydrogen-bond donors (Lipinski definition) is 2. The van der Waals surface area contributed by atoms with E-state index in [1.165, 1.54) is 0 Å². The first-order valence-electron chi connectivity index (χ1n) is 7.24. The zero-order valence-electron chi connectivity index (χ0n) is 13.2. The molecule has 22 heavy (non-hydrogen) atoms. The number of hydrogen-bond acceptors (Lipinski definition) is 3. The van der Waals surface area contributed by atoms with Crippen LogP contribution in [0.15, 0.2) is 54.6 Å². The van der Waals surface area contributed by atoms with Gasteiger partial charge in [0, 0.05) is 0 Å². The summed E-state index contributed by atoms with van der Waals surface area (Å²) in [5.41, 5.74) is 6.90. The quantitative estimate of drug-likeness (QED) is 0.892. The molecular formula is C18H22N2O2. The van der Waals surface area contributed by atoms with Crippen LogP contribution in [-0.4, -0.2) is 13.0 Å². The second-order valence-electron chi connectivity index (χ2n) is 5.54. The fourth-order valence-corrected chi connectivity index (χ4v) is 2.26. The third-order valence-electron chi connectivity index (χ3n) is 3.79. The van der Waals surface area contributed by atoms with Gasteiger partial charge < -0.3 is 15.8 Å². The van der Waals surface area contributed by atoms with Crippen LogP contribution in [0.3, 0.4) is 0 Å². The SMILES string of the molecule is COc1cccc(C(C)NC(=O)C(C)(N)c2ccccc2)c1. The van der Waals surface area contributed by atoms with Crippen molar-refractivity contribution in [3.8, 4) is 5.75 Å². The van der Waals surface area contributed by atoms with E-state index >= 15 is 0 Å². The number of nitrogens with one attached hydrogen (secondary N) is 1. The minimum atomic E-state index is -1.08. The van der Waals surface area contributed by atoms with Crippen molar-refractivity contribution in [3.63, 3.8) is 0 Å². The first-order valence-corrected chi connectivity index (χ1v) is 7.24. The average Bonchev–Trinajstić information content (AvgIpc) is 2.55. The van der Waals surface area contributed by atoms with E-state index in [1.54, 1.807) is 14.0 Å². The number of benzene rings is 2. The van der Waals surface area contributed by atoms with Gasteiger partial charge in [-0.15, -0.1) is 0 Å². The molecule has 2 unspecified atom stereocenters. The summed E-state index contributed by atoms with van der Waals surface area (Å²) in [6.45, 7) is 3.64. The van der Waals surface area contributed by atoms with Crippen molar-refractivity contribution in [3.05, 3.63) is 65.7 Å². The number of rotatable bonds is 5. The molecule has 4 nitrogen and oxygen atoms in total. The monoisotopic (exact) mass is 298 g/mol. The van der Waals surface area contributed by atoms with Gasteiger partial charge in [0.05, 0.1) is 13.2 Å². The van der Waals surface area contributed by atoms with Crippen molar-refractivity contribution >= 4 is 5.91 Å². The first-order chi connectivity index (χ1) is 10.4. The summed E-state index contributed by atoms with van der Waals surface area (Å²) in [4.78, 5) is 12.5. The maximum absolute atomic E-state index is 12.5. The van der Waals surface area contributed by atoms with E-state index in [0.29, 0.717) is 0 Å². The lowest BCUT2D eigenvalue weighted by atomic mass is 9.91. The lowest BCUT2D eigenvalue weighted by Crippen LogP contribution is -2.49. The van der Waals surface area contributed by atoms with Crippen LogP contribution >= 0.6 is 0 Å². The van der Waals surface area contributed by atoms with Crippen LogP contribution in [0.25, 0.3) is 0 Å². The fourth-order valence-electron chi connectivity index (χ4n) is 2.26. The minimum Gasteiger partial charge on any atom is -0.497 e. The van der Waals surface area contributed by atoms with Crippen LogP contribution in [0.5, 0.6) is 5.75 Å². The topological polar surface area (TPSA) is 64.3 Å². The van der Waals surface area contributed by atoms with Gasteiger partial charge in [-0.05, 0) is 37.1 Å². The molecule has 2 rings (SSSR count). The van der Waals surface area contributed by atoms with Gasteiger partial charge in [0.2, 0.25) is 5.91 Å². The molecule has 0 spiro atoms. The molecule has 2 aromatic rings. The molecule has 0 aliphatic rings. The predicted octanol–water partition coefficient (Wildman–Crippen LogP) is 2.75. The third kappa shape index (κ3) is 3.46. The third-order valence-corrected chi connectivity index (χ3v) is 3.79. The number of methoxy groups -OCH3 is 1. The number of nitrogens with two attached hydrogens (primary N) is 1. The Kier molecular flexibility index (Phi) is 4.83. The highest BCUT2D eigenvalue weighted by Gasteiger charge is 2.31. The predicted molar refractivity (Wildman–Crippen MR) is 87.5 cm³/mol. The Morgan fingerprint density at radius 3 is 2.50 bits per heavy atom. The molecule has 1 amide bonds. The van der Waals surface area contributed by atoms with Crippen molar-refractivity contribution in [2.45, 2.75) is 25.4 Å². The second-order valence-corrected chi connectivity index (χ2v) is 5.54. The molecule has 0 aromatic heterocycles. The van der Waals surface area contributed by atoms with Gasteiger partial charge in [0.25, 0.3) is 0 Å². The van der Waals surface area contributed by atoms with Gasteiger partial charge >= 0.3 is 0 Å². The number of amides is 1. The maximum Gasteiger partial charge on any atom is 0.244 e. The van der Waals surface area contributed by atoms with Crippen LogP contribution in [0, 0.1) is 0 Å². The fraction of sp³-hybridized carbons (Fsp3) is 0.278. The maximum atomic E-state index is 12.5. The smallest absolute Gasteiger partial charge is 0.244 e. The molecule has 0 fully saturated rings. The molecular weight excluding hydrogens is 276 g/mol. The molecule has 4 heteroatoms. The summed E-state index contributed by atoms with van der Waals surface area (Å²) in [5, 5.41) is 2.97. The van der Waals surface area contributed by atoms with Gasteiger partial charge in [-0.25, -0.2) is 0 Å². The zero-order valence-corrected chi connectivity index (χ0v) is 13.2. The molecule has 116 valence electrons. The standard InChI is InChI=1S/C18H22N2O2/c1-13(14-8-7-11-16(12-14)22-3)20-17(21)18(2,19)15-9-5-4-6-10-15/h4-13H,19H2,1-3H3,(H,20,21). The second kappa shape index (κ2) is 6.62. The van der Waals surface area contributed by atoms with E-state index in [-0.39, 0.29) is 11.9 Å². The molecule has 0 aliphatic carbocycles. The van der Waals surface area contributed by atoms with Crippen molar-refractivity contribution in [2.24, 2.45) is 5.73 Å². The van der Waals surface area contributed by atoms with E-state index in [4.69, 9.17) is 10.5 Å². The molecule has 0 saturated heterocycles. The van der Waals surface area contributed by atoms with Crippen LogP contribution in [0.2, 0.25) is 0 Å². The van der Waals surface area contributed by atoms with E-state index in [9.17, 15) is 4.79 Å². The highest BCUT2D eigenvalue weighted by molar-refractivity contribution is 5.87. The van der Waals surface area contributed by atoms with Gasteiger partial charge in [-0.3, -0.25) is 4.79 Å². The Morgan fingerprint density at radius 1 is 1.18 bits per heavy atom. The van der Waals surface area contributed by atoms with Crippen molar-refractivity contribution in [1.82, 2.24) is 5.32 Å². The Hall–Kier alpha value is -2.33. The van der Waals surface area contributed by atoms with E-state index < -0.39 is 5.54 Å². The Bertz CT molecular complexity index is 639. The lowest BCUT2D eigenvalue weighted by Gasteiger charge is -2.26. The zero-order chi connectivity index (χ0) is 16.2. The van der Waals surface area contributed by atoms with Crippen LogP contribution in [0.4, 0.5) is 0 Å². The van der Waals surface area contributed by atoms with E-state index in [1.807, 2.05) is 61.5 Å². The highest BCUT2D eigenvalue weighted by atomic mass is 16.5.